The van der Waals surface area contributed by atoms with Crippen LogP contribution in [0.2, 0.25) is 5.02 Å². The number of carbonyl (C=O) groups excluding carboxylic acids is 1. The SMILES string of the molecule is O=C(NCc1ccccc1CN1CCCC1)[C@@H]1CCCN1S(=O)(=O)c1ccc(Cl)cc1. The summed E-state index contributed by atoms with van der Waals surface area (Å²) < 4.78 is 27.5. The van der Waals surface area contributed by atoms with Crippen molar-refractivity contribution in [2.45, 2.75) is 49.7 Å². The number of sulfonamides is 1. The second-order valence-electron chi connectivity index (χ2n) is 8.20. The molecule has 0 aliphatic carbocycles. The van der Waals surface area contributed by atoms with Crippen LogP contribution in [0.15, 0.2) is 53.4 Å². The molecular formula is C23H28ClN3O3S. The Morgan fingerprint density at radius 2 is 1.65 bits per heavy atom. The molecule has 166 valence electrons. The van der Waals surface area contributed by atoms with E-state index in [1.54, 1.807) is 12.1 Å². The molecule has 0 radical (unpaired) electrons. The predicted octanol–water partition coefficient (Wildman–Crippen LogP) is 3.41. The molecule has 0 aromatic heterocycles. The molecule has 2 aliphatic heterocycles. The van der Waals surface area contributed by atoms with E-state index in [0.29, 0.717) is 31.0 Å². The van der Waals surface area contributed by atoms with E-state index in [9.17, 15) is 13.2 Å². The largest absolute Gasteiger partial charge is 0.351 e. The lowest BCUT2D eigenvalue weighted by molar-refractivity contribution is -0.124. The number of hydrogen-bond acceptors (Lipinski definition) is 4. The summed E-state index contributed by atoms with van der Waals surface area (Å²) in [6.07, 6.45) is 3.65. The quantitative estimate of drug-likeness (QED) is 0.686. The number of nitrogens with zero attached hydrogens (tertiary/aromatic N) is 2. The Labute approximate surface area is 189 Å². The maximum atomic E-state index is 13.1. The van der Waals surface area contributed by atoms with Gasteiger partial charge in [-0.05, 0) is 74.2 Å². The predicted molar refractivity (Wildman–Crippen MR) is 121 cm³/mol. The molecule has 0 unspecified atom stereocenters. The number of amides is 1. The molecule has 2 heterocycles. The van der Waals surface area contributed by atoms with Gasteiger partial charge in [0.1, 0.15) is 6.04 Å². The van der Waals surface area contributed by atoms with Crippen LogP contribution in [-0.4, -0.2) is 49.2 Å². The molecule has 2 saturated heterocycles. The number of rotatable bonds is 7. The van der Waals surface area contributed by atoms with Crippen LogP contribution < -0.4 is 5.32 Å². The molecule has 6 nitrogen and oxygen atoms in total. The van der Waals surface area contributed by atoms with Crippen LogP contribution in [0.25, 0.3) is 0 Å². The highest BCUT2D eigenvalue weighted by Gasteiger charge is 2.39. The summed E-state index contributed by atoms with van der Waals surface area (Å²) in [6.45, 7) is 3.84. The molecule has 0 saturated carbocycles. The van der Waals surface area contributed by atoms with Crippen LogP contribution in [0, 0.1) is 0 Å². The Morgan fingerprint density at radius 1 is 0.968 bits per heavy atom. The Bertz CT molecular complexity index is 1020. The fraction of sp³-hybridized carbons (Fsp3) is 0.435. The Morgan fingerprint density at radius 3 is 2.35 bits per heavy atom. The average molecular weight is 462 g/mol. The van der Waals surface area contributed by atoms with E-state index >= 15 is 0 Å². The molecule has 0 bridgehead atoms. The molecular weight excluding hydrogens is 434 g/mol. The van der Waals surface area contributed by atoms with Crippen molar-refractivity contribution in [3.8, 4) is 0 Å². The topological polar surface area (TPSA) is 69.7 Å². The van der Waals surface area contributed by atoms with Crippen molar-refractivity contribution >= 4 is 27.5 Å². The third-order valence-electron chi connectivity index (χ3n) is 6.09. The fourth-order valence-corrected chi connectivity index (χ4v) is 6.18. The van der Waals surface area contributed by atoms with Gasteiger partial charge in [-0.3, -0.25) is 9.69 Å². The molecule has 8 heteroatoms. The average Bonchev–Trinajstić information content (AvgIpc) is 3.46. The summed E-state index contributed by atoms with van der Waals surface area (Å²) in [5, 5.41) is 3.46. The highest BCUT2D eigenvalue weighted by molar-refractivity contribution is 7.89. The van der Waals surface area contributed by atoms with Gasteiger partial charge < -0.3 is 5.32 Å². The summed E-state index contributed by atoms with van der Waals surface area (Å²) in [5.74, 6) is -0.244. The van der Waals surface area contributed by atoms with Crippen molar-refractivity contribution in [3.63, 3.8) is 0 Å². The zero-order chi connectivity index (χ0) is 21.8. The van der Waals surface area contributed by atoms with Crippen molar-refractivity contribution in [3.05, 3.63) is 64.7 Å². The highest BCUT2D eigenvalue weighted by Crippen LogP contribution is 2.27. The molecule has 31 heavy (non-hydrogen) atoms. The molecule has 2 fully saturated rings. The number of likely N-dealkylation sites (tertiary alicyclic amines) is 1. The second-order valence-corrected chi connectivity index (χ2v) is 10.5. The Kier molecular flexibility index (Phi) is 6.96. The zero-order valence-corrected chi connectivity index (χ0v) is 19.0. The fourth-order valence-electron chi connectivity index (χ4n) is 4.40. The lowest BCUT2D eigenvalue weighted by Crippen LogP contribution is -2.45. The van der Waals surface area contributed by atoms with Gasteiger partial charge in [-0.1, -0.05) is 35.9 Å². The van der Waals surface area contributed by atoms with Crippen molar-refractivity contribution in [2.24, 2.45) is 0 Å². The van der Waals surface area contributed by atoms with Crippen molar-refractivity contribution in [1.82, 2.24) is 14.5 Å². The number of halogens is 1. The lowest BCUT2D eigenvalue weighted by atomic mass is 10.1. The van der Waals surface area contributed by atoms with Gasteiger partial charge in [-0.2, -0.15) is 4.31 Å². The van der Waals surface area contributed by atoms with Crippen LogP contribution >= 0.6 is 11.6 Å². The van der Waals surface area contributed by atoms with Crippen LogP contribution in [0.5, 0.6) is 0 Å². The van der Waals surface area contributed by atoms with Gasteiger partial charge in [-0.15, -0.1) is 0 Å². The van der Waals surface area contributed by atoms with Gasteiger partial charge in [0.25, 0.3) is 0 Å². The van der Waals surface area contributed by atoms with Gasteiger partial charge in [-0.25, -0.2) is 8.42 Å². The second kappa shape index (κ2) is 9.69. The molecule has 4 rings (SSSR count). The van der Waals surface area contributed by atoms with Crippen LogP contribution in [-0.2, 0) is 27.9 Å². The van der Waals surface area contributed by atoms with Crippen molar-refractivity contribution in [1.29, 1.82) is 0 Å². The minimum atomic E-state index is -3.75. The smallest absolute Gasteiger partial charge is 0.243 e. The van der Waals surface area contributed by atoms with Crippen molar-refractivity contribution < 1.29 is 13.2 Å². The molecule has 1 amide bonds. The number of hydrogen-bond donors (Lipinski definition) is 1. The van der Waals surface area contributed by atoms with E-state index in [1.807, 2.05) is 18.2 Å². The van der Waals surface area contributed by atoms with Crippen molar-refractivity contribution in [2.75, 3.05) is 19.6 Å². The number of nitrogens with one attached hydrogen (secondary N) is 1. The first-order valence-electron chi connectivity index (χ1n) is 10.8. The third-order valence-corrected chi connectivity index (χ3v) is 8.27. The monoisotopic (exact) mass is 461 g/mol. The third kappa shape index (κ3) is 5.12. The standard InChI is InChI=1S/C23H28ClN3O3S/c24-20-9-11-21(12-10-20)31(29,30)27-15-5-8-22(27)23(28)25-16-18-6-1-2-7-19(18)17-26-13-3-4-14-26/h1-2,6-7,9-12,22H,3-5,8,13-17H2,(H,25,28)/t22-/m0/s1. The first-order valence-corrected chi connectivity index (χ1v) is 12.6. The van der Waals surface area contributed by atoms with Gasteiger partial charge in [0.2, 0.25) is 15.9 Å². The molecule has 2 aromatic rings. The van der Waals surface area contributed by atoms with E-state index in [2.05, 4.69) is 16.3 Å². The normalized spacial score (nSPS) is 20.2. The number of benzene rings is 2. The maximum absolute atomic E-state index is 13.1. The van der Waals surface area contributed by atoms with E-state index < -0.39 is 16.1 Å². The van der Waals surface area contributed by atoms with Gasteiger partial charge in [0, 0.05) is 24.7 Å². The summed E-state index contributed by atoms with van der Waals surface area (Å²) in [7, 11) is -3.75. The summed E-state index contributed by atoms with van der Waals surface area (Å²) in [4.78, 5) is 15.6. The van der Waals surface area contributed by atoms with Crippen LogP contribution in [0.1, 0.15) is 36.8 Å². The molecule has 1 N–H and O–H groups in total. The first-order chi connectivity index (χ1) is 14.9. The van der Waals surface area contributed by atoms with Gasteiger partial charge in [0.15, 0.2) is 0 Å². The highest BCUT2D eigenvalue weighted by atomic mass is 35.5. The van der Waals surface area contributed by atoms with E-state index in [-0.39, 0.29) is 10.8 Å². The summed E-state index contributed by atoms with van der Waals surface area (Å²) in [6, 6.07) is 13.5. The minimum absolute atomic E-state index is 0.160. The Hall–Kier alpha value is -1.93. The van der Waals surface area contributed by atoms with Crippen LogP contribution in [0.3, 0.4) is 0 Å². The molecule has 1 atom stereocenters. The lowest BCUT2D eigenvalue weighted by Gasteiger charge is -2.24. The van der Waals surface area contributed by atoms with E-state index in [0.717, 1.165) is 25.2 Å². The number of carbonyl (C=O) groups is 1. The summed E-state index contributed by atoms with van der Waals surface area (Å²) in [5.41, 5.74) is 2.29. The first kappa shape index (κ1) is 22.3. The maximum Gasteiger partial charge on any atom is 0.243 e. The Balaban J connectivity index is 1.43. The minimum Gasteiger partial charge on any atom is -0.351 e. The van der Waals surface area contributed by atoms with E-state index in [1.165, 1.54) is 34.8 Å². The summed E-state index contributed by atoms with van der Waals surface area (Å²) >= 11 is 5.89. The van der Waals surface area contributed by atoms with Gasteiger partial charge in [0.05, 0.1) is 4.90 Å². The zero-order valence-electron chi connectivity index (χ0n) is 17.5. The van der Waals surface area contributed by atoms with E-state index in [4.69, 9.17) is 11.6 Å². The molecule has 0 spiro atoms. The van der Waals surface area contributed by atoms with Crippen LogP contribution in [0.4, 0.5) is 0 Å². The molecule has 2 aliphatic rings. The van der Waals surface area contributed by atoms with Gasteiger partial charge >= 0.3 is 0 Å². The molecule has 2 aromatic carbocycles.